The number of pyridine rings is 2. The number of aliphatic carboxylic acids is 1. The fourth-order valence-electron chi connectivity index (χ4n) is 2.24. The van der Waals surface area contributed by atoms with Crippen LogP contribution in [0.25, 0.3) is 0 Å². The van der Waals surface area contributed by atoms with E-state index in [1.807, 2.05) is 18.2 Å². The van der Waals surface area contributed by atoms with E-state index in [1.165, 1.54) is 0 Å². The summed E-state index contributed by atoms with van der Waals surface area (Å²) in [5, 5.41) is 9.19. The Hall–Kier alpha value is -2.08. The van der Waals surface area contributed by atoms with Gasteiger partial charge in [-0.15, -0.1) is 0 Å². The van der Waals surface area contributed by atoms with Crippen LogP contribution in [0.4, 0.5) is 5.82 Å². The number of nitrogens with zero attached hydrogens (tertiary/aromatic N) is 2. The van der Waals surface area contributed by atoms with Crippen LogP contribution in [0.15, 0.2) is 42.7 Å². The summed E-state index contributed by atoms with van der Waals surface area (Å²) in [6.07, 6.45) is 5.10. The molecule has 0 saturated carbocycles. The van der Waals surface area contributed by atoms with Crippen LogP contribution in [0, 0.1) is 5.92 Å². The highest BCUT2D eigenvalue weighted by Crippen LogP contribution is 2.21. The van der Waals surface area contributed by atoms with Crippen molar-refractivity contribution in [1.29, 1.82) is 0 Å². The molecule has 3 N–H and O–H groups in total. The molecule has 2 aromatic rings. The Morgan fingerprint density at radius 3 is 2.68 bits per heavy atom. The third kappa shape index (κ3) is 4.73. The Balaban J connectivity index is 1.97. The third-order valence-corrected chi connectivity index (χ3v) is 4.13. The van der Waals surface area contributed by atoms with E-state index in [-0.39, 0.29) is 5.25 Å². The number of hydrogen-bond donors (Lipinski definition) is 3. The first-order chi connectivity index (χ1) is 10.6. The van der Waals surface area contributed by atoms with Crippen LogP contribution in [0.1, 0.15) is 17.7 Å². The van der Waals surface area contributed by atoms with E-state index < -0.39 is 11.9 Å². The normalized spacial score (nSPS) is 13.5. The van der Waals surface area contributed by atoms with Gasteiger partial charge in [0.2, 0.25) is 0 Å². The number of carboxylic acid groups (broad SMARTS) is 1. The zero-order valence-corrected chi connectivity index (χ0v) is 13.0. The second kappa shape index (κ2) is 7.79. The lowest BCUT2D eigenvalue weighted by Gasteiger charge is -2.19. The summed E-state index contributed by atoms with van der Waals surface area (Å²) in [5.74, 6) is -0.997. The summed E-state index contributed by atoms with van der Waals surface area (Å²) in [6.45, 7) is 0. The van der Waals surface area contributed by atoms with Crippen molar-refractivity contribution in [2.75, 3.05) is 5.73 Å². The molecule has 22 heavy (non-hydrogen) atoms. The Labute approximate surface area is 135 Å². The van der Waals surface area contributed by atoms with E-state index in [4.69, 9.17) is 5.73 Å². The first-order valence-electron chi connectivity index (χ1n) is 7.07. The molecule has 0 fully saturated rings. The molecule has 0 saturated heterocycles. The molecule has 0 aromatic carbocycles. The number of thiol groups is 1. The van der Waals surface area contributed by atoms with Crippen molar-refractivity contribution < 1.29 is 9.90 Å². The van der Waals surface area contributed by atoms with Gasteiger partial charge in [-0.3, -0.25) is 9.78 Å². The fourth-order valence-corrected chi connectivity index (χ4v) is 2.60. The number of carboxylic acids is 1. The van der Waals surface area contributed by atoms with E-state index in [0.717, 1.165) is 11.3 Å². The van der Waals surface area contributed by atoms with Crippen molar-refractivity contribution in [3.05, 3.63) is 54.0 Å². The van der Waals surface area contributed by atoms with Crippen molar-refractivity contribution in [2.24, 2.45) is 5.92 Å². The van der Waals surface area contributed by atoms with Gasteiger partial charge < -0.3 is 10.8 Å². The lowest BCUT2D eigenvalue weighted by Crippen LogP contribution is -2.27. The molecule has 0 aliphatic rings. The first kappa shape index (κ1) is 16.3. The maximum absolute atomic E-state index is 11.5. The Morgan fingerprint density at radius 1 is 1.27 bits per heavy atom. The molecule has 2 aromatic heterocycles. The van der Waals surface area contributed by atoms with Gasteiger partial charge in [0.1, 0.15) is 5.82 Å². The van der Waals surface area contributed by atoms with Crippen molar-refractivity contribution in [3.8, 4) is 0 Å². The topological polar surface area (TPSA) is 89.1 Å². The molecule has 0 aliphatic heterocycles. The number of rotatable bonds is 7. The maximum Gasteiger partial charge on any atom is 0.307 e. The van der Waals surface area contributed by atoms with Crippen LogP contribution in [0.2, 0.25) is 0 Å². The van der Waals surface area contributed by atoms with Crippen LogP contribution in [0.5, 0.6) is 0 Å². The molecule has 2 heterocycles. The lowest BCUT2D eigenvalue weighted by molar-refractivity contribution is -0.141. The van der Waals surface area contributed by atoms with Gasteiger partial charge in [-0.05, 0) is 43.0 Å². The second-order valence-electron chi connectivity index (χ2n) is 5.17. The highest BCUT2D eigenvalue weighted by atomic mass is 32.1. The smallest absolute Gasteiger partial charge is 0.307 e. The third-order valence-electron chi connectivity index (χ3n) is 3.51. The van der Waals surface area contributed by atoms with Gasteiger partial charge in [0, 0.05) is 23.3 Å². The van der Waals surface area contributed by atoms with Crippen molar-refractivity contribution in [3.63, 3.8) is 0 Å². The average Bonchev–Trinajstić information content (AvgIpc) is 2.52. The monoisotopic (exact) mass is 317 g/mol. The van der Waals surface area contributed by atoms with E-state index in [0.29, 0.717) is 25.1 Å². The predicted octanol–water partition coefficient (Wildman–Crippen LogP) is 2.23. The molecular weight excluding hydrogens is 298 g/mol. The van der Waals surface area contributed by atoms with Gasteiger partial charge >= 0.3 is 5.97 Å². The fraction of sp³-hybridized carbons (Fsp3) is 0.312. The zero-order chi connectivity index (χ0) is 15.9. The van der Waals surface area contributed by atoms with Crippen LogP contribution < -0.4 is 5.73 Å². The summed E-state index contributed by atoms with van der Waals surface area (Å²) < 4.78 is 0. The van der Waals surface area contributed by atoms with E-state index in [2.05, 4.69) is 22.6 Å². The number of nitrogen functional groups attached to an aromatic ring is 1. The van der Waals surface area contributed by atoms with Gasteiger partial charge in [-0.1, -0.05) is 12.1 Å². The summed E-state index contributed by atoms with van der Waals surface area (Å²) >= 11 is 4.49. The largest absolute Gasteiger partial charge is 0.481 e. The number of aromatic nitrogens is 2. The minimum Gasteiger partial charge on any atom is -0.481 e. The minimum atomic E-state index is -0.849. The molecule has 0 aliphatic carbocycles. The molecule has 2 atom stereocenters. The predicted molar refractivity (Wildman–Crippen MR) is 88.8 cm³/mol. The number of nitrogens with two attached hydrogens (primary N) is 1. The molecule has 116 valence electrons. The molecule has 5 nitrogen and oxygen atoms in total. The highest BCUT2D eigenvalue weighted by molar-refractivity contribution is 7.81. The summed E-state index contributed by atoms with van der Waals surface area (Å²) in [5.41, 5.74) is 7.33. The number of carbonyl (C=O) groups is 1. The molecular formula is C16H19N3O2S. The van der Waals surface area contributed by atoms with Crippen LogP contribution in [-0.4, -0.2) is 26.3 Å². The summed E-state index contributed by atoms with van der Waals surface area (Å²) in [6, 6.07) is 9.19. The quantitative estimate of drug-likeness (QED) is 0.682. The molecule has 6 heteroatoms. The maximum atomic E-state index is 11.5. The highest BCUT2D eigenvalue weighted by Gasteiger charge is 2.25. The number of anilines is 1. The van der Waals surface area contributed by atoms with Crippen molar-refractivity contribution >= 4 is 24.4 Å². The minimum absolute atomic E-state index is 0.253. The summed E-state index contributed by atoms with van der Waals surface area (Å²) in [4.78, 5) is 19.8. The molecule has 0 bridgehead atoms. The van der Waals surface area contributed by atoms with Crippen LogP contribution in [0.3, 0.4) is 0 Å². The van der Waals surface area contributed by atoms with E-state index in [9.17, 15) is 9.90 Å². The Morgan fingerprint density at radius 2 is 2.09 bits per heavy atom. The van der Waals surface area contributed by atoms with Gasteiger partial charge in [-0.25, -0.2) is 4.98 Å². The molecule has 0 radical (unpaired) electrons. The molecule has 2 unspecified atom stereocenters. The number of hydrogen-bond acceptors (Lipinski definition) is 5. The average molecular weight is 317 g/mol. The van der Waals surface area contributed by atoms with Gasteiger partial charge in [-0.2, -0.15) is 12.6 Å². The summed E-state index contributed by atoms with van der Waals surface area (Å²) in [7, 11) is 0. The standard InChI is InChI=1S/C16H19N3O2S/c17-15-7-4-11(10-19-15)9-13(16(20)21)14(22)6-5-12-3-1-2-8-18-12/h1-4,7-8,10,13-14,22H,5-6,9H2,(H2,17,19)(H,20,21). The van der Waals surface area contributed by atoms with Crippen LogP contribution in [-0.2, 0) is 17.6 Å². The van der Waals surface area contributed by atoms with Crippen LogP contribution >= 0.6 is 12.6 Å². The zero-order valence-electron chi connectivity index (χ0n) is 12.1. The van der Waals surface area contributed by atoms with Crippen molar-refractivity contribution in [2.45, 2.75) is 24.5 Å². The lowest BCUT2D eigenvalue weighted by atomic mass is 9.94. The van der Waals surface area contributed by atoms with Gasteiger partial charge in [0.25, 0.3) is 0 Å². The van der Waals surface area contributed by atoms with Gasteiger partial charge in [0.15, 0.2) is 0 Å². The number of aryl methyl sites for hydroxylation is 1. The molecule has 0 spiro atoms. The van der Waals surface area contributed by atoms with E-state index >= 15 is 0 Å². The molecule has 2 rings (SSSR count). The van der Waals surface area contributed by atoms with E-state index in [1.54, 1.807) is 24.5 Å². The Bertz CT molecular complexity index is 605. The second-order valence-corrected chi connectivity index (χ2v) is 5.83. The molecule has 0 amide bonds. The SMILES string of the molecule is Nc1ccc(CC(C(=O)O)C(S)CCc2ccccn2)cn1. The van der Waals surface area contributed by atoms with Crippen molar-refractivity contribution in [1.82, 2.24) is 9.97 Å². The first-order valence-corrected chi connectivity index (χ1v) is 7.59. The van der Waals surface area contributed by atoms with Gasteiger partial charge in [0.05, 0.1) is 5.92 Å². The Kier molecular flexibility index (Phi) is 5.77.